The van der Waals surface area contributed by atoms with Gasteiger partial charge in [0.1, 0.15) is 5.75 Å². The van der Waals surface area contributed by atoms with Gasteiger partial charge >= 0.3 is 0 Å². The maximum absolute atomic E-state index is 12.9. The lowest BCUT2D eigenvalue weighted by Gasteiger charge is -2.58. The van der Waals surface area contributed by atoms with Crippen LogP contribution in [-0.4, -0.2) is 54.3 Å². The zero-order valence-corrected chi connectivity index (χ0v) is 21.0. The Hall–Kier alpha value is -2.05. The molecule has 0 aromatic heterocycles. The highest BCUT2D eigenvalue weighted by Gasteiger charge is 2.57. The van der Waals surface area contributed by atoms with Gasteiger partial charge in [0.25, 0.3) is 0 Å². The van der Waals surface area contributed by atoms with Gasteiger partial charge in [-0.2, -0.15) is 0 Å². The molecule has 0 bridgehead atoms. The number of carbonyl (C=O) groups excluding carboxylic acids is 1. The summed E-state index contributed by atoms with van der Waals surface area (Å²) in [5.41, 5.74) is 0.514. The van der Waals surface area contributed by atoms with Crippen molar-refractivity contribution in [1.82, 2.24) is 10.2 Å². The number of β-amino-alcohol motifs (C(OH)–C–C–N with tert-alkyl or cyclic N) is 1. The van der Waals surface area contributed by atoms with Crippen LogP contribution in [0.15, 0.2) is 55.1 Å². The van der Waals surface area contributed by atoms with Crippen molar-refractivity contribution in [1.29, 1.82) is 0 Å². The van der Waals surface area contributed by atoms with Crippen LogP contribution in [0, 0.1) is 0 Å². The molecule has 0 spiro atoms. The second-order valence-corrected chi connectivity index (χ2v) is 10.4. The zero-order chi connectivity index (χ0) is 24.3. The number of aliphatic hydroxyl groups is 1. The molecule has 0 radical (unpaired) electrons. The number of amides is 1. The molecule has 2 N–H and O–H groups in total. The van der Waals surface area contributed by atoms with E-state index in [0.29, 0.717) is 29.4 Å². The molecule has 2 unspecified atom stereocenters. The Kier molecular flexibility index (Phi) is 7.58. The number of hydrogen-bond donors (Lipinski definition) is 2. The van der Waals surface area contributed by atoms with E-state index in [1.807, 2.05) is 30.3 Å². The van der Waals surface area contributed by atoms with Crippen LogP contribution in [0.5, 0.6) is 5.75 Å². The molecule has 2 aliphatic rings. The summed E-state index contributed by atoms with van der Waals surface area (Å²) in [5.74, 6) is 0.715. The van der Waals surface area contributed by atoms with E-state index in [0.717, 1.165) is 42.8 Å². The van der Waals surface area contributed by atoms with Crippen molar-refractivity contribution in [2.45, 2.75) is 49.2 Å². The van der Waals surface area contributed by atoms with Crippen LogP contribution in [-0.2, 0) is 16.6 Å². The number of ether oxygens (including phenoxy) is 1. The van der Waals surface area contributed by atoms with Crippen LogP contribution in [0.4, 0.5) is 0 Å². The molecule has 1 saturated carbocycles. The molecule has 1 heterocycles. The molecule has 1 amide bonds. The standard InChI is InChI=1S/C27H32Cl2N2O3/c1-3-12-31-13-11-26(20-5-4-6-22(16-20)34-2)17-21(9-10-27(26,33)18-31)30-25(32)15-19-7-8-23(28)24(29)14-19/h3-8,14,16,21,33H,1,9-13,15,17-18H2,2H3,(H,30,32)/t21-,26?,27?/m1/s1. The van der Waals surface area contributed by atoms with Gasteiger partial charge in [-0.25, -0.2) is 0 Å². The molecule has 182 valence electrons. The number of rotatable bonds is 7. The number of benzene rings is 2. The summed E-state index contributed by atoms with van der Waals surface area (Å²) < 4.78 is 5.50. The number of methoxy groups -OCH3 is 1. The summed E-state index contributed by atoms with van der Waals surface area (Å²) in [6, 6.07) is 13.2. The van der Waals surface area contributed by atoms with E-state index in [1.54, 1.807) is 19.2 Å². The number of hydrogen-bond acceptors (Lipinski definition) is 4. The number of halogens is 2. The molecule has 2 fully saturated rings. The second-order valence-electron chi connectivity index (χ2n) is 9.55. The van der Waals surface area contributed by atoms with E-state index < -0.39 is 11.0 Å². The van der Waals surface area contributed by atoms with Crippen LogP contribution < -0.4 is 10.1 Å². The lowest BCUT2D eigenvalue weighted by Crippen LogP contribution is -2.67. The highest BCUT2D eigenvalue weighted by molar-refractivity contribution is 6.42. The minimum atomic E-state index is -0.897. The first-order chi connectivity index (χ1) is 16.3. The average Bonchev–Trinajstić information content (AvgIpc) is 2.82. The van der Waals surface area contributed by atoms with Crippen molar-refractivity contribution in [3.8, 4) is 5.75 Å². The average molecular weight is 503 g/mol. The normalized spacial score (nSPS) is 27.0. The third kappa shape index (κ3) is 4.99. The van der Waals surface area contributed by atoms with Gasteiger partial charge in [-0.05, 0) is 67.6 Å². The van der Waals surface area contributed by atoms with Gasteiger partial charge in [-0.3, -0.25) is 9.69 Å². The fourth-order valence-electron chi connectivity index (χ4n) is 5.75. The summed E-state index contributed by atoms with van der Waals surface area (Å²) in [6.07, 6.45) is 4.91. The van der Waals surface area contributed by atoms with Gasteiger partial charge < -0.3 is 15.2 Å². The van der Waals surface area contributed by atoms with E-state index in [1.165, 1.54) is 0 Å². The second kappa shape index (κ2) is 10.3. The van der Waals surface area contributed by atoms with E-state index >= 15 is 0 Å². The van der Waals surface area contributed by atoms with E-state index in [4.69, 9.17) is 27.9 Å². The Morgan fingerprint density at radius 2 is 2.09 bits per heavy atom. The third-order valence-corrected chi connectivity index (χ3v) is 8.19. The molecule has 1 aliphatic carbocycles. The van der Waals surface area contributed by atoms with Crippen molar-refractivity contribution in [3.05, 3.63) is 76.3 Å². The molecule has 5 nitrogen and oxygen atoms in total. The Balaban J connectivity index is 1.57. The maximum Gasteiger partial charge on any atom is 0.224 e. The lowest BCUT2D eigenvalue weighted by atomic mass is 9.55. The predicted molar refractivity (Wildman–Crippen MR) is 137 cm³/mol. The molecular formula is C27H32Cl2N2O3. The maximum atomic E-state index is 12.9. The summed E-state index contributed by atoms with van der Waals surface area (Å²) in [7, 11) is 1.66. The van der Waals surface area contributed by atoms with Gasteiger partial charge in [0, 0.05) is 24.5 Å². The quantitative estimate of drug-likeness (QED) is 0.535. The molecule has 4 rings (SSSR count). The number of piperidine rings is 1. The summed E-state index contributed by atoms with van der Waals surface area (Å²) in [6.45, 7) is 6.06. The summed E-state index contributed by atoms with van der Waals surface area (Å²) in [4.78, 5) is 15.2. The van der Waals surface area contributed by atoms with Crippen molar-refractivity contribution < 1.29 is 14.6 Å². The Morgan fingerprint density at radius 1 is 1.26 bits per heavy atom. The summed E-state index contributed by atoms with van der Waals surface area (Å²) >= 11 is 12.1. The topological polar surface area (TPSA) is 61.8 Å². The van der Waals surface area contributed by atoms with E-state index in [-0.39, 0.29) is 18.4 Å². The predicted octanol–water partition coefficient (Wildman–Crippen LogP) is 4.77. The number of nitrogens with one attached hydrogen (secondary N) is 1. The Bertz CT molecular complexity index is 1060. The van der Waals surface area contributed by atoms with Gasteiger partial charge in [0.05, 0.1) is 29.2 Å². The molecule has 1 aliphatic heterocycles. The van der Waals surface area contributed by atoms with Gasteiger partial charge in [0.15, 0.2) is 0 Å². The van der Waals surface area contributed by atoms with Gasteiger partial charge in [0.2, 0.25) is 5.91 Å². The third-order valence-electron chi connectivity index (χ3n) is 7.46. The Labute approximate surface area is 211 Å². The zero-order valence-electron chi connectivity index (χ0n) is 19.5. The van der Waals surface area contributed by atoms with Crippen molar-refractivity contribution in [3.63, 3.8) is 0 Å². The molecular weight excluding hydrogens is 471 g/mol. The molecule has 7 heteroatoms. The smallest absolute Gasteiger partial charge is 0.224 e. The fraction of sp³-hybridized carbons (Fsp3) is 0.444. The molecule has 1 saturated heterocycles. The molecule has 2 aromatic carbocycles. The van der Waals surface area contributed by atoms with Crippen molar-refractivity contribution in [2.24, 2.45) is 0 Å². The first kappa shape index (κ1) is 25.1. The van der Waals surface area contributed by atoms with Gasteiger partial charge in [-0.15, -0.1) is 6.58 Å². The SMILES string of the molecule is C=CCN1CCC2(c3cccc(OC)c3)C[C@H](NC(=O)Cc3ccc(Cl)c(Cl)c3)CCC2(O)C1. The molecule has 3 atom stereocenters. The van der Waals surface area contributed by atoms with E-state index in [2.05, 4.69) is 22.9 Å². The highest BCUT2D eigenvalue weighted by atomic mass is 35.5. The minimum absolute atomic E-state index is 0.0345. The van der Waals surface area contributed by atoms with Crippen LogP contribution in [0.3, 0.4) is 0 Å². The van der Waals surface area contributed by atoms with Gasteiger partial charge in [-0.1, -0.05) is 47.5 Å². The number of nitrogens with zero attached hydrogens (tertiary/aromatic N) is 1. The fourth-order valence-corrected chi connectivity index (χ4v) is 6.08. The largest absolute Gasteiger partial charge is 0.497 e. The van der Waals surface area contributed by atoms with Crippen LogP contribution in [0.1, 0.15) is 36.8 Å². The lowest BCUT2D eigenvalue weighted by molar-refractivity contribution is -0.132. The van der Waals surface area contributed by atoms with Crippen LogP contribution >= 0.6 is 23.2 Å². The van der Waals surface area contributed by atoms with E-state index in [9.17, 15) is 9.90 Å². The monoisotopic (exact) mass is 502 g/mol. The number of likely N-dealkylation sites (tertiary alicyclic amines) is 1. The highest BCUT2D eigenvalue weighted by Crippen LogP contribution is 2.52. The number of fused-ring (bicyclic) bond motifs is 1. The van der Waals surface area contributed by atoms with Crippen LogP contribution in [0.25, 0.3) is 0 Å². The first-order valence-corrected chi connectivity index (χ1v) is 12.5. The molecule has 34 heavy (non-hydrogen) atoms. The van der Waals surface area contributed by atoms with Crippen molar-refractivity contribution >= 4 is 29.1 Å². The first-order valence-electron chi connectivity index (χ1n) is 11.7. The minimum Gasteiger partial charge on any atom is -0.497 e. The molecule has 2 aromatic rings. The van der Waals surface area contributed by atoms with Crippen LogP contribution in [0.2, 0.25) is 10.0 Å². The van der Waals surface area contributed by atoms with Crippen molar-refractivity contribution in [2.75, 3.05) is 26.7 Å². The Morgan fingerprint density at radius 3 is 2.82 bits per heavy atom. The summed E-state index contributed by atoms with van der Waals surface area (Å²) in [5, 5.41) is 16.2. The number of carbonyl (C=O) groups is 1.